The Hall–Kier alpha value is -7.68. The zero-order valence-electron chi connectivity index (χ0n) is 35.8. The number of allylic oxidation sites excluding steroid dienone is 4. The molecule has 4 aliphatic carbocycles. The van der Waals surface area contributed by atoms with Gasteiger partial charge in [-0.25, -0.2) is 0 Å². The number of hydrogen-bond acceptors (Lipinski definition) is 2. The number of benzene rings is 9. The fourth-order valence-electron chi connectivity index (χ4n) is 12.5. The van der Waals surface area contributed by atoms with Crippen LogP contribution in [0.15, 0.2) is 211 Å². The smallest absolute Gasteiger partial charge is 0.143 e. The summed E-state index contributed by atoms with van der Waals surface area (Å²) in [5.74, 6) is 0.280. The molecular formula is C62H43NO. The van der Waals surface area contributed by atoms with Gasteiger partial charge in [0.2, 0.25) is 0 Å². The van der Waals surface area contributed by atoms with Crippen LogP contribution in [0.25, 0.3) is 71.7 Å². The summed E-state index contributed by atoms with van der Waals surface area (Å²) in [5.41, 5.74) is 21.9. The fourth-order valence-corrected chi connectivity index (χ4v) is 12.5. The average Bonchev–Trinajstić information content (AvgIpc) is 4.03. The largest absolute Gasteiger partial charge is 0.455 e. The second-order valence-corrected chi connectivity index (χ2v) is 18.7. The van der Waals surface area contributed by atoms with Gasteiger partial charge in [-0.1, -0.05) is 178 Å². The van der Waals surface area contributed by atoms with Gasteiger partial charge in [0, 0.05) is 50.5 Å². The molecule has 1 heterocycles. The van der Waals surface area contributed by atoms with Gasteiger partial charge >= 0.3 is 0 Å². The van der Waals surface area contributed by atoms with Crippen LogP contribution in [-0.2, 0) is 10.8 Å². The van der Waals surface area contributed by atoms with Crippen LogP contribution in [0.1, 0.15) is 53.6 Å². The first-order valence-corrected chi connectivity index (χ1v) is 22.7. The lowest BCUT2D eigenvalue weighted by Crippen LogP contribution is -2.32. The molecule has 1 spiro atoms. The molecule has 14 rings (SSSR count). The van der Waals surface area contributed by atoms with Crippen molar-refractivity contribution in [1.82, 2.24) is 0 Å². The van der Waals surface area contributed by atoms with Gasteiger partial charge in [-0.2, -0.15) is 0 Å². The summed E-state index contributed by atoms with van der Waals surface area (Å²) in [4.78, 5) is 2.53. The van der Waals surface area contributed by atoms with E-state index < -0.39 is 0 Å². The lowest BCUT2D eigenvalue weighted by atomic mass is 9.65. The van der Waals surface area contributed by atoms with E-state index in [1.54, 1.807) is 0 Å². The van der Waals surface area contributed by atoms with Gasteiger partial charge in [-0.3, -0.25) is 0 Å². The number of hydrogen-bond donors (Lipinski definition) is 0. The quantitative estimate of drug-likeness (QED) is 0.176. The van der Waals surface area contributed by atoms with Crippen LogP contribution >= 0.6 is 0 Å². The highest BCUT2D eigenvalue weighted by Crippen LogP contribution is 2.66. The van der Waals surface area contributed by atoms with Crippen molar-refractivity contribution >= 4 is 55.3 Å². The molecule has 0 bridgehead atoms. The third kappa shape index (κ3) is 4.65. The molecule has 2 heteroatoms. The van der Waals surface area contributed by atoms with Crippen molar-refractivity contribution in [3.05, 3.63) is 240 Å². The maximum atomic E-state index is 7.02. The van der Waals surface area contributed by atoms with Gasteiger partial charge < -0.3 is 9.32 Å². The van der Waals surface area contributed by atoms with E-state index >= 15 is 0 Å². The Morgan fingerprint density at radius 2 is 1.11 bits per heavy atom. The second kappa shape index (κ2) is 12.9. The number of nitrogens with zero attached hydrogens (tertiary/aromatic N) is 1. The Bertz CT molecular complexity index is 3690. The zero-order valence-corrected chi connectivity index (χ0v) is 35.8. The summed E-state index contributed by atoms with van der Waals surface area (Å²) in [6.45, 7) is 4.76. The summed E-state index contributed by atoms with van der Waals surface area (Å²) < 4.78 is 7.02. The van der Waals surface area contributed by atoms with Crippen molar-refractivity contribution in [1.29, 1.82) is 0 Å². The molecule has 302 valence electrons. The van der Waals surface area contributed by atoms with Crippen LogP contribution in [-0.4, -0.2) is 0 Å². The van der Waals surface area contributed by atoms with Crippen LogP contribution < -0.4 is 4.90 Å². The van der Waals surface area contributed by atoms with Crippen molar-refractivity contribution in [2.75, 3.05) is 4.90 Å². The van der Waals surface area contributed by atoms with Gasteiger partial charge in [0.05, 0.1) is 11.1 Å². The van der Waals surface area contributed by atoms with Crippen LogP contribution in [0, 0.1) is 5.92 Å². The molecule has 64 heavy (non-hydrogen) atoms. The highest BCUT2D eigenvalue weighted by atomic mass is 16.3. The molecular weight excluding hydrogens is 775 g/mol. The minimum absolute atomic E-state index is 0.173. The van der Waals surface area contributed by atoms with Gasteiger partial charge in [0.1, 0.15) is 11.2 Å². The monoisotopic (exact) mass is 817 g/mol. The Balaban J connectivity index is 1.08. The molecule has 0 aliphatic heterocycles. The van der Waals surface area contributed by atoms with E-state index in [9.17, 15) is 0 Å². The maximum Gasteiger partial charge on any atom is 0.143 e. The molecule has 4 aliphatic rings. The number of anilines is 3. The van der Waals surface area contributed by atoms with Gasteiger partial charge in [0.15, 0.2) is 0 Å². The lowest BCUT2D eigenvalue weighted by molar-refractivity contribution is 0.495. The summed E-state index contributed by atoms with van der Waals surface area (Å²) in [6, 6.07) is 70.5. The fraction of sp³-hybridized carbons (Fsp3) is 0.0968. The van der Waals surface area contributed by atoms with Crippen LogP contribution in [0.5, 0.6) is 0 Å². The lowest BCUT2D eigenvalue weighted by Gasteiger charge is -2.37. The van der Waals surface area contributed by atoms with E-state index in [4.69, 9.17) is 4.42 Å². The first-order chi connectivity index (χ1) is 31.5. The zero-order chi connectivity index (χ0) is 42.3. The third-order valence-corrected chi connectivity index (χ3v) is 15.3. The van der Waals surface area contributed by atoms with E-state index in [0.29, 0.717) is 0 Å². The van der Waals surface area contributed by atoms with E-state index in [2.05, 4.69) is 225 Å². The Labute approximate surface area is 373 Å². The summed E-state index contributed by atoms with van der Waals surface area (Å²) in [5, 5.41) is 4.55. The predicted octanol–water partition coefficient (Wildman–Crippen LogP) is 16.5. The molecule has 0 radical (unpaired) electrons. The highest BCUT2D eigenvalue weighted by Gasteiger charge is 2.56. The molecule has 9 aromatic carbocycles. The first-order valence-electron chi connectivity index (χ1n) is 22.7. The van der Waals surface area contributed by atoms with E-state index in [1.165, 1.54) is 66.6 Å². The molecule has 0 saturated heterocycles. The normalized spacial score (nSPS) is 18.2. The van der Waals surface area contributed by atoms with Crippen LogP contribution in [0.4, 0.5) is 17.1 Å². The van der Waals surface area contributed by atoms with E-state index in [-0.39, 0.29) is 16.7 Å². The summed E-state index contributed by atoms with van der Waals surface area (Å²) in [7, 11) is 0. The average molecular weight is 818 g/mol. The van der Waals surface area contributed by atoms with Gasteiger partial charge in [0.25, 0.3) is 0 Å². The van der Waals surface area contributed by atoms with Crippen LogP contribution in [0.2, 0.25) is 0 Å². The molecule has 0 saturated carbocycles. The SMILES string of the molecule is CC1(C)c2ccccc2-c2ccc(N(c3ccc4c(c3)C3(c5ccccc5C5=CC=CCC53)c3ccccc3-4)c3cc4oc5c6ccccc6ccc5c4cc3-c3ccccc3)cc21. The molecule has 2 atom stereocenters. The predicted molar refractivity (Wildman–Crippen MR) is 266 cm³/mol. The molecule has 0 amide bonds. The van der Waals surface area contributed by atoms with Crippen molar-refractivity contribution < 1.29 is 4.42 Å². The van der Waals surface area contributed by atoms with Crippen molar-refractivity contribution in [3.63, 3.8) is 0 Å². The Morgan fingerprint density at radius 1 is 0.484 bits per heavy atom. The second-order valence-electron chi connectivity index (χ2n) is 18.7. The highest BCUT2D eigenvalue weighted by molar-refractivity contribution is 6.17. The van der Waals surface area contributed by atoms with Crippen LogP contribution in [0.3, 0.4) is 0 Å². The molecule has 1 aromatic heterocycles. The number of rotatable bonds is 4. The summed E-state index contributed by atoms with van der Waals surface area (Å²) in [6.07, 6.45) is 8.00. The third-order valence-electron chi connectivity index (χ3n) is 15.3. The van der Waals surface area contributed by atoms with E-state index in [1.807, 2.05) is 0 Å². The topological polar surface area (TPSA) is 16.4 Å². The minimum Gasteiger partial charge on any atom is -0.455 e. The summed E-state index contributed by atoms with van der Waals surface area (Å²) >= 11 is 0. The van der Waals surface area contributed by atoms with Crippen molar-refractivity contribution in [2.45, 2.75) is 31.1 Å². The number of fused-ring (bicyclic) bond motifs is 18. The van der Waals surface area contributed by atoms with E-state index in [0.717, 1.165) is 61.9 Å². The van der Waals surface area contributed by atoms with Gasteiger partial charge in [-0.05, 0) is 115 Å². The van der Waals surface area contributed by atoms with Crippen molar-refractivity contribution in [3.8, 4) is 33.4 Å². The van der Waals surface area contributed by atoms with Crippen molar-refractivity contribution in [2.24, 2.45) is 5.92 Å². The molecule has 10 aromatic rings. The molecule has 0 fully saturated rings. The first kappa shape index (κ1) is 35.9. The molecule has 0 N–H and O–H groups in total. The minimum atomic E-state index is -0.339. The van der Waals surface area contributed by atoms with Gasteiger partial charge in [-0.15, -0.1) is 0 Å². The molecule has 2 nitrogen and oxygen atoms in total. The maximum absolute atomic E-state index is 7.02. The Kier molecular flexibility index (Phi) is 7.25. The molecule has 2 unspecified atom stereocenters. The Morgan fingerprint density at radius 3 is 1.91 bits per heavy atom. The standard InChI is InChI=1S/C62H43NO/c1-61(2)52-24-12-8-20-43(52)47-32-29-40(34-56(47)61)63(58-37-59-51(36-50(58)38-16-4-3-5-17-38)49-31-28-39-18-6-7-19-42(39)60(49)64-59)41-30-33-48-46-23-11-15-27-55(46)62(57(48)35-41)53-25-13-9-21-44(53)45-22-10-14-26-54(45)62/h3-25,27-37,54H,26H2,1-2H3. The number of furan rings is 1.